The average molecular weight is 435 g/mol. The molecule has 7 heteroatoms. The molecule has 2 aromatic carbocycles. The molecule has 0 spiro atoms. The molecule has 0 aliphatic carbocycles. The summed E-state index contributed by atoms with van der Waals surface area (Å²) in [4.78, 5) is 21.2. The van der Waals surface area contributed by atoms with Crippen LogP contribution in [-0.4, -0.2) is 31.9 Å². The molecule has 0 amide bonds. The molecule has 2 aromatic heterocycles. The number of rotatable bonds is 6. The van der Waals surface area contributed by atoms with E-state index in [9.17, 15) is 4.79 Å². The minimum Gasteiger partial charge on any atom is -0.492 e. The Hall–Kier alpha value is -3.06. The first-order valence-corrected chi connectivity index (χ1v) is 11.2. The Morgan fingerprint density at radius 1 is 1.06 bits per heavy atom. The number of para-hydroxylation sites is 1. The molecule has 0 aliphatic rings. The highest BCUT2D eigenvalue weighted by atomic mass is 32.2. The number of aromatic amines is 1. The van der Waals surface area contributed by atoms with Crippen molar-refractivity contribution >= 4 is 17.4 Å². The maximum Gasteiger partial charge on any atom is 0.266 e. The maximum atomic E-state index is 11.9. The molecule has 0 saturated heterocycles. The first kappa shape index (κ1) is 21.2. The molecule has 0 unspecified atom stereocenters. The van der Waals surface area contributed by atoms with Gasteiger partial charge in [-0.25, -0.2) is 14.5 Å². The van der Waals surface area contributed by atoms with Gasteiger partial charge in [-0.15, -0.1) is 0 Å². The van der Waals surface area contributed by atoms with Crippen molar-refractivity contribution in [2.45, 2.75) is 38.3 Å². The fourth-order valence-corrected chi connectivity index (χ4v) is 4.00. The van der Waals surface area contributed by atoms with E-state index in [2.05, 4.69) is 43.0 Å². The van der Waals surface area contributed by atoms with Crippen LogP contribution in [-0.2, 0) is 5.41 Å². The lowest BCUT2D eigenvalue weighted by molar-refractivity contribution is 0.341. The van der Waals surface area contributed by atoms with Crippen molar-refractivity contribution in [3.8, 4) is 17.1 Å². The molecule has 6 nitrogen and oxygen atoms in total. The third-order valence-electron chi connectivity index (χ3n) is 5.00. The number of hydrogen-bond donors (Lipinski definition) is 1. The van der Waals surface area contributed by atoms with Crippen LogP contribution in [0.4, 0.5) is 0 Å². The van der Waals surface area contributed by atoms with Gasteiger partial charge in [-0.2, -0.15) is 0 Å². The molecular formula is C24H26N4O2S. The standard InChI is InChI=1S/C24H26N4O2S/c1-16-7-5-6-8-19(16)30-13-14-31-23-26-22(25-20-15-21(29)27-28(20)23)17-9-11-18(12-10-17)24(2,3)4/h5-12,15H,13-14H2,1-4H3,(H,27,29). The van der Waals surface area contributed by atoms with E-state index in [1.165, 1.54) is 23.4 Å². The Kier molecular flexibility index (Phi) is 5.87. The number of ether oxygens (including phenoxy) is 1. The van der Waals surface area contributed by atoms with Gasteiger partial charge in [0.1, 0.15) is 5.75 Å². The first-order chi connectivity index (χ1) is 14.8. The number of hydrogen-bond acceptors (Lipinski definition) is 5. The van der Waals surface area contributed by atoms with Crippen LogP contribution in [0, 0.1) is 6.92 Å². The fraction of sp³-hybridized carbons (Fsp3) is 0.292. The zero-order valence-corrected chi connectivity index (χ0v) is 19.0. The van der Waals surface area contributed by atoms with E-state index in [0.29, 0.717) is 29.0 Å². The second-order valence-corrected chi connectivity index (χ2v) is 9.50. The van der Waals surface area contributed by atoms with Crippen molar-refractivity contribution in [3.63, 3.8) is 0 Å². The highest BCUT2D eigenvalue weighted by molar-refractivity contribution is 7.99. The molecule has 2 heterocycles. The number of nitrogens with one attached hydrogen (secondary N) is 1. The van der Waals surface area contributed by atoms with Crippen molar-refractivity contribution < 1.29 is 4.74 Å². The molecular weight excluding hydrogens is 408 g/mol. The zero-order valence-electron chi connectivity index (χ0n) is 18.2. The minimum absolute atomic E-state index is 0.0788. The molecule has 0 aliphatic heterocycles. The summed E-state index contributed by atoms with van der Waals surface area (Å²) in [7, 11) is 0. The van der Waals surface area contributed by atoms with Crippen molar-refractivity contribution in [3.05, 3.63) is 76.1 Å². The Labute approximate surface area is 185 Å². The molecule has 4 aromatic rings. The van der Waals surface area contributed by atoms with E-state index in [1.807, 2.05) is 43.3 Å². The average Bonchev–Trinajstić information content (AvgIpc) is 3.12. The largest absolute Gasteiger partial charge is 0.492 e. The topological polar surface area (TPSA) is 72.3 Å². The van der Waals surface area contributed by atoms with Gasteiger partial charge < -0.3 is 4.74 Å². The number of thioether (sulfide) groups is 1. The number of nitrogens with zero attached hydrogens (tertiary/aromatic N) is 3. The van der Waals surface area contributed by atoms with E-state index in [-0.39, 0.29) is 11.0 Å². The summed E-state index contributed by atoms with van der Waals surface area (Å²) in [6, 6.07) is 17.7. The van der Waals surface area contributed by atoms with Gasteiger partial charge >= 0.3 is 0 Å². The van der Waals surface area contributed by atoms with Gasteiger partial charge in [-0.3, -0.25) is 9.89 Å². The minimum atomic E-state index is -0.201. The van der Waals surface area contributed by atoms with Crippen molar-refractivity contribution in [1.29, 1.82) is 0 Å². The summed E-state index contributed by atoms with van der Waals surface area (Å²) in [5.74, 6) is 2.16. The quantitative estimate of drug-likeness (QED) is 0.347. The van der Waals surface area contributed by atoms with E-state index < -0.39 is 0 Å². The van der Waals surface area contributed by atoms with Crippen LogP contribution >= 0.6 is 11.8 Å². The summed E-state index contributed by atoms with van der Waals surface area (Å²) in [5, 5.41) is 3.45. The normalized spacial score (nSPS) is 11.7. The van der Waals surface area contributed by atoms with E-state index in [0.717, 1.165) is 16.9 Å². The predicted molar refractivity (Wildman–Crippen MR) is 125 cm³/mol. The van der Waals surface area contributed by atoms with Crippen molar-refractivity contribution in [2.75, 3.05) is 12.4 Å². The third kappa shape index (κ3) is 4.82. The van der Waals surface area contributed by atoms with Crippen LogP contribution in [0.2, 0.25) is 0 Å². The third-order valence-corrected chi connectivity index (χ3v) is 5.90. The fourth-order valence-electron chi connectivity index (χ4n) is 3.23. The van der Waals surface area contributed by atoms with Crippen molar-refractivity contribution in [2.24, 2.45) is 0 Å². The molecule has 0 saturated carbocycles. The van der Waals surface area contributed by atoms with Gasteiger partial charge in [-0.1, -0.05) is 75.0 Å². The highest BCUT2D eigenvalue weighted by Gasteiger charge is 2.15. The lowest BCUT2D eigenvalue weighted by Crippen LogP contribution is -2.10. The summed E-state index contributed by atoms with van der Waals surface area (Å²) >= 11 is 1.52. The molecule has 0 fully saturated rings. The molecule has 1 N–H and O–H groups in total. The van der Waals surface area contributed by atoms with Crippen LogP contribution < -0.4 is 10.3 Å². The lowest BCUT2D eigenvalue weighted by Gasteiger charge is -2.19. The van der Waals surface area contributed by atoms with Gasteiger partial charge in [-0.05, 0) is 29.5 Å². The van der Waals surface area contributed by atoms with Crippen LogP contribution in [0.25, 0.3) is 17.0 Å². The summed E-state index contributed by atoms with van der Waals surface area (Å²) < 4.78 is 7.52. The number of fused-ring (bicyclic) bond motifs is 1. The first-order valence-electron chi connectivity index (χ1n) is 10.2. The summed E-state index contributed by atoms with van der Waals surface area (Å²) in [6.45, 7) is 9.11. The zero-order chi connectivity index (χ0) is 22.0. The van der Waals surface area contributed by atoms with Crippen molar-refractivity contribution in [1.82, 2.24) is 19.6 Å². The Morgan fingerprint density at radius 2 is 1.81 bits per heavy atom. The van der Waals surface area contributed by atoms with Crippen LogP contribution in [0.15, 0.2) is 64.5 Å². The van der Waals surface area contributed by atoms with Crippen LogP contribution in [0.5, 0.6) is 5.75 Å². The van der Waals surface area contributed by atoms with Gasteiger partial charge in [0.2, 0.25) is 0 Å². The van der Waals surface area contributed by atoms with E-state index >= 15 is 0 Å². The second kappa shape index (κ2) is 8.59. The highest BCUT2D eigenvalue weighted by Crippen LogP contribution is 2.26. The van der Waals surface area contributed by atoms with Gasteiger partial charge in [0, 0.05) is 17.4 Å². The number of benzene rings is 2. The van der Waals surface area contributed by atoms with Gasteiger partial charge in [0.05, 0.1) is 6.61 Å². The monoisotopic (exact) mass is 434 g/mol. The molecule has 31 heavy (non-hydrogen) atoms. The molecule has 160 valence electrons. The smallest absolute Gasteiger partial charge is 0.266 e. The SMILES string of the molecule is Cc1ccccc1OCCSc1nc(-c2ccc(C(C)(C)C)cc2)nc2cc(=O)[nH]n12. The van der Waals surface area contributed by atoms with Gasteiger partial charge in [0.15, 0.2) is 16.6 Å². The summed E-state index contributed by atoms with van der Waals surface area (Å²) in [6.07, 6.45) is 0. The van der Waals surface area contributed by atoms with Gasteiger partial charge in [0.25, 0.3) is 5.56 Å². The van der Waals surface area contributed by atoms with Crippen LogP contribution in [0.1, 0.15) is 31.9 Å². The molecule has 4 rings (SSSR count). The molecule has 0 bridgehead atoms. The van der Waals surface area contributed by atoms with Crippen LogP contribution in [0.3, 0.4) is 0 Å². The number of H-pyrrole nitrogens is 1. The Balaban J connectivity index is 1.56. The molecule has 0 radical (unpaired) electrons. The molecule has 0 atom stereocenters. The van der Waals surface area contributed by atoms with E-state index in [4.69, 9.17) is 9.72 Å². The predicted octanol–water partition coefficient (Wildman–Crippen LogP) is 4.86. The number of aromatic nitrogens is 4. The summed E-state index contributed by atoms with van der Waals surface area (Å²) in [5.41, 5.74) is 3.70. The second-order valence-electron chi connectivity index (χ2n) is 8.43. The maximum absolute atomic E-state index is 11.9. The van der Waals surface area contributed by atoms with E-state index in [1.54, 1.807) is 4.52 Å². The number of aryl methyl sites for hydroxylation is 1. The lowest BCUT2D eigenvalue weighted by atomic mass is 9.87. The Bertz CT molecular complexity index is 1250. The Morgan fingerprint density at radius 3 is 2.52 bits per heavy atom.